The lowest BCUT2D eigenvalue weighted by molar-refractivity contribution is 0.102. The van der Waals surface area contributed by atoms with E-state index < -0.39 is 11.7 Å². The molecule has 3 nitrogen and oxygen atoms in total. The monoisotopic (exact) mass is 298 g/mol. The first-order valence-corrected chi connectivity index (χ1v) is 6.05. The van der Waals surface area contributed by atoms with Crippen LogP contribution in [0.4, 0.5) is 15.8 Å². The lowest BCUT2D eigenvalue weighted by atomic mass is 10.1. The standard InChI is InChI=1S/C13H9Cl2FN2O/c14-8-4-2-5-9(15)12(8)18-13(19)7-3-1-6-10(16)11(7)17/h1-6H,17H2,(H,18,19). The number of para-hydroxylation sites is 2. The lowest BCUT2D eigenvalue weighted by Crippen LogP contribution is -2.15. The molecule has 0 radical (unpaired) electrons. The zero-order chi connectivity index (χ0) is 14.0. The molecule has 2 aromatic carbocycles. The molecule has 0 atom stereocenters. The van der Waals surface area contributed by atoms with Crippen LogP contribution in [0.3, 0.4) is 0 Å². The second-order valence-corrected chi connectivity index (χ2v) is 4.57. The van der Waals surface area contributed by atoms with Gasteiger partial charge < -0.3 is 11.1 Å². The maximum absolute atomic E-state index is 13.3. The Bertz CT molecular complexity index is 626. The number of carbonyl (C=O) groups excluding carboxylic acids is 1. The Kier molecular flexibility index (Phi) is 3.93. The highest BCUT2D eigenvalue weighted by molar-refractivity contribution is 6.40. The number of anilines is 2. The van der Waals surface area contributed by atoms with E-state index >= 15 is 0 Å². The third kappa shape index (κ3) is 2.80. The third-order valence-corrected chi connectivity index (χ3v) is 3.13. The summed E-state index contributed by atoms with van der Waals surface area (Å²) in [6, 6.07) is 8.80. The first-order chi connectivity index (χ1) is 9.00. The van der Waals surface area contributed by atoms with Crippen LogP contribution in [-0.4, -0.2) is 5.91 Å². The van der Waals surface area contributed by atoms with E-state index in [2.05, 4.69) is 5.32 Å². The molecule has 0 fully saturated rings. The molecule has 19 heavy (non-hydrogen) atoms. The van der Waals surface area contributed by atoms with Crippen LogP contribution in [0.2, 0.25) is 10.0 Å². The van der Waals surface area contributed by atoms with Crippen molar-refractivity contribution in [1.29, 1.82) is 0 Å². The Labute approximate surface area is 119 Å². The van der Waals surface area contributed by atoms with Crippen molar-refractivity contribution in [2.24, 2.45) is 0 Å². The largest absolute Gasteiger partial charge is 0.396 e. The van der Waals surface area contributed by atoms with Crippen LogP contribution in [0, 0.1) is 5.82 Å². The van der Waals surface area contributed by atoms with Crippen molar-refractivity contribution < 1.29 is 9.18 Å². The SMILES string of the molecule is Nc1c(F)cccc1C(=O)Nc1c(Cl)cccc1Cl. The van der Waals surface area contributed by atoms with Crippen molar-refractivity contribution in [2.75, 3.05) is 11.1 Å². The van der Waals surface area contributed by atoms with E-state index in [1.165, 1.54) is 18.2 Å². The minimum Gasteiger partial charge on any atom is -0.396 e. The van der Waals surface area contributed by atoms with Gasteiger partial charge in [-0.1, -0.05) is 35.3 Å². The number of rotatable bonds is 2. The Morgan fingerprint density at radius 2 is 1.68 bits per heavy atom. The molecule has 6 heteroatoms. The minimum absolute atomic E-state index is 0.0241. The van der Waals surface area contributed by atoms with Gasteiger partial charge in [-0.2, -0.15) is 0 Å². The number of hydrogen-bond donors (Lipinski definition) is 2. The van der Waals surface area contributed by atoms with Crippen molar-refractivity contribution in [3.8, 4) is 0 Å². The fourth-order valence-electron chi connectivity index (χ4n) is 1.53. The number of nitrogens with two attached hydrogens (primary N) is 1. The van der Waals surface area contributed by atoms with Crippen LogP contribution in [0.1, 0.15) is 10.4 Å². The molecular weight excluding hydrogens is 290 g/mol. The second kappa shape index (κ2) is 5.47. The summed E-state index contributed by atoms with van der Waals surface area (Å²) in [7, 11) is 0. The minimum atomic E-state index is -0.655. The average Bonchev–Trinajstić information content (AvgIpc) is 2.37. The van der Waals surface area contributed by atoms with Crippen molar-refractivity contribution in [1.82, 2.24) is 0 Å². The highest BCUT2D eigenvalue weighted by Crippen LogP contribution is 2.30. The van der Waals surface area contributed by atoms with Crippen molar-refractivity contribution in [3.63, 3.8) is 0 Å². The highest BCUT2D eigenvalue weighted by atomic mass is 35.5. The van der Waals surface area contributed by atoms with E-state index in [1.807, 2.05) is 0 Å². The number of halogens is 3. The van der Waals surface area contributed by atoms with Crippen LogP contribution < -0.4 is 11.1 Å². The molecule has 2 aromatic rings. The van der Waals surface area contributed by atoms with Crippen molar-refractivity contribution >= 4 is 40.5 Å². The van der Waals surface area contributed by atoms with Crippen molar-refractivity contribution in [3.05, 3.63) is 57.8 Å². The molecule has 0 aliphatic heterocycles. The molecular formula is C13H9Cl2FN2O. The molecule has 3 N–H and O–H groups in total. The number of nitrogens with one attached hydrogen (secondary N) is 1. The maximum atomic E-state index is 13.3. The Hall–Kier alpha value is -1.78. The summed E-state index contributed by atoms with van der Waals surface area (Å²) in [6.07, 6.45) is 0. The molecule has 0 heterocycles. The average molecular weight is 299 g/mol. The number of amides is 1. The number of benzene rings is 2. The van der Waals surface area contributed by atoms with E-state index in [0.717, 1.165) is 0 Å². The molecule has 0 saturated heterocycles. The predicted molar refractivity (Wildman–Crippen MR) is 75.2 cm³/mol. The molecule has 1 amide bonds. The van der Waals surface area contributed by atoms with Gasteiger partial charge in [0, 0.05) is 0 Å². The molecule has 0 aliphatic rings. The van der Waals surface area contributed by atoms with Gasteiger partial charge in [-0.15, -0.1) is 0 Å². The zero-order valence-corrected chi connectivity index (χ0v) is 11.1. The second-order valence-electron chi connectivity index (χ2n) is 3.75. The highest BCUT2D eigenvalue weighted by Gasteiger charge is 2.15. The van der Waals surface area contributed by atoms with Crippen molar-refractivity contribution in [2.45, 2.75) is 0 Å². The fourth-order valence-corrected chi connectivity index (χ4v) is 2.03. The van der Waals surface area contributed by atoms with Gasteiger partial charge in [-0.3, -0.25) is 4.79 Å². The van der Waals surface area contributed by atoms with E-state index in [9.17, 15) is 9.18 Å². The molecule has 0 aliphatic carbocycles. The molecule has 98 valence electrons. The van der Waals surface area contributed by atoms with E-state index in [1.54, 1.807) is 18.2 Å². The zero-order valence-electron chi connectivity index (χ0n) is 9.58. The Morgan fingerprint density at radius 1 is 1.11 bits per heavy atom. The smallest absolute Gasteiger partial charge is 0.257 e. The molecule has 2 rings (SSSR count). The van der Waals surface area contributed by atoms with Gasteiger partial charge in [-0.25, -0.2) is 4.39 Å². The summed E-state index contributed by atoms with van der Waals surface area (Å²) in [6.45, 7) is 0. The van der Waals surface area contributed by atoms with Gasteiger partial charge in [0.25, 0.3) is 5.91 Å². The third-order valence-electron chi connectivity index (χ3n) is 2.50. The summed E-state index contributed by atoms with van der Waals surface area (Å²) in [4.78, 5) is 12.0. The van der Waals surface area contributed by atoms with Crippen LogP contribution >= 0.6 is 23.2 Å². The quantitative estimate of drug-likeness (QED) is 0.824. The van der Waals surface area contributed by atoms with E-state index in [0.29, 0.717) is 0 Å². The van der Waals surface area contributed by atoms with Gasteiger partial charge in [0.2, 0.25) is 0 Å². The summed E-state index contributed by atoms with van der Waals surface area (Å²) in [5.74, 6) is -1.23. The van der Waals surface area contributed by atoms with Crippen LogP contribution in [0.5, 0.6) is 0 Å². The van der Waals surface area contributed by atoms with Crippen LogP contribution in [-0.2, 0) is 0 Å². The number of nitrogen functional groups attached to an aromatic ring is 1. The number of carbonyl (C=O) groups is 1. The van der Waals surface area contributed by atoms with Gasteiger partial charge >= 0.3 is 0 Å². The Balaban J connectivity index is 2.34. The normalized spacial score (nSPS) is 10.3. The fraction of sp³-hybridized carbons (Fsp3) is 0. The lowest BCUT2D eigenvalue weighted by Gasteiger charge is -2.10. The summed E-state index contributed by atoms with van der Waals surface area (Å²) >= 11 is 11.9. The van der Waals surface area contributed by atoms with Gasteiger partial charge in [-0.05, 0) is 24.3 Å². The van der Waals surface area contributed by atoms with E-state index in [-0.39, 0.29) is 27.0 Å². The molecule has 0 aromatic heterocycles. The first-order valence-electron chi connectivity index (χ1n) is 5.30. The summed E-state index contributed by atoms with van der Waals surface area (Å²) in [5, 5.41) is 3.09. The molecule has 0 spiro atoms. The predicted octanol–water partition coefficient (Wildman–Crippen LogP) is 3.97. The molecule has 0 bridgehead atoms. The number of hydrogen-bond acceptors (Lipinski definition) is 2. The van der Waals surface area contributed by atoms with Gasteiger partial charge in [0.1, 0.15) is 5.82 Å². The summed E-state index contributed by atoms with van der Waals surface area (Å²) < 4.78 is 13.3. The van der Waals surface area contributed by atoms with E-state index in [4.69, 9.17) is 28.9 Å². The first kappa shape index (κ1) is 13.6. The Morgan fingerprint density at radius 3 is 2.32 bits per heavy atom. The van der Waals surface area contributed by atoms with Crippen LogP contribution in [0.25, 0.3) is 0 Å². The molecule has 0 saturated carbocycles. The van der Waals surface area contributed by atoms with Gasteiger partial charge in [0.15, 0.2) is 0 Å². The van der Waals surface area contributed by atoms with Crippen LogP contribution in [0.15, 0.2) is 36.4 Å². The maximum Gasteiger partial charge on any atom is 0.257 e. The topological polar surface area (TPSA) is 55.1 Å². The molecule has 0 unspecified atom stereocenters. The van der Waals surface area contributed by atoms with Gasteiger partial charge in [0.05, 0.1) is 27.0 Å². The summed E-state index contributed by atoms with van der Waals surface area (Å²) in [5.41, 5.74) is 5.58.